The second-order valence-electron chi connectivity index (χ2n) is 8.84. The van der Waals surface area contributed by atoms with Gasteiger partial charge in [0.15, 0.2) is 11.6 Å². The van der Waals surface area contributed by atoms with Gasteiger partial charge in [0, 0.05) is 15.8 Å². The van der Waals surface area contributed by atoms with Gasteiger partial charge in [-0.15, -0.1) is 21.5 Å². The van der Waals surface area contributed by atoms with Crippen molar-refractivity contribution in [3.05, 3.63) is 99.8 Å². The number of carbonyl (C=O) groups is 3. The molecule has 0 aliphatic rings. The maximum absolute atomic E-state index is 14.5. The first-order chi connectivity index (χ1) is 18.8. The minimum absolute atomic E-state index is 0.0361. The highest BCUT2D eigenvalue weighted by molar-refractivity contribution is 7.15. The average Bonchev–Trinajstić information content (AvgIpc) is 3.62. The number of nitrogens with one attached hydrogen (secondary N) is 1. The van der Waals surface area contributed by atoms with Gasteiger partial charge >= 0.3 is 5.97 Å². The molecule has 5 aromatic rings. The number of aliphatic carboxylic acids is 1. The van der Waals surface area contributed by atoms with Crippen molar-refractivity contribution in [2.75, 3.05) is 0 Å². The van der Waals surface area contributed by atoms with Crippen molar-refractivity contribution in [1.82, 2.24) is 24.6 Å². The Morgan fingerprint density at radius 2 is 1.77 bits per heavy atom. The Bertz CT molecular complexity index is 1730. The number of nitrogens with zero attached hydrogens (tertiary/aromatic N) is 4. The normalized spacial score (nSPS) is 11.2. The molecule has 5 rings (SSSR count). The van der Waals surface area contributed by atoms with Crippen LogP contribution in [-0.4, -0.2) is 42.1 Å². The van der Waals surface area contributed by atoms with Crippen molar-refractivity contribution in [2.45, 2.75) is 33.4 Å². The maximum atomic E-state index is 14.5. The van der Waals surface area contributed by atoms with E-state index in [-0.39, 0.29) is 24.3 Å². The standard InChI is InChI=1S/C28H24FN5O4S/c1-3-18-13-20(26(37)19-9-5-6-10-21(19)29)28(39-18)34-16(2)31-32-24(34)14-30-27(38)23-12-17-8-4-7-11-22(17)33(23)15-25(35)36/h4-13H,3,14-15H2,1-2H3,(H,30,38)(H,35,36). The summed E-state index contributed by atoms with van der Waals surface area (Å²) in [6.07, 6.45) is 0.670. The molecule has 3 heterocycles. The van der Waals surface area contributed by atoms with Crippen LogP contribution in [0.5, 0.6) is 0 Å². The van der Waals surface area contributed by atoms with Crippen molar-refractivity contribution >= 4 is 39.9 Å². The quantitative estimate of drug-likeness (QED) is 0.263. The van der Waals surface area contributed by atoms with Crippen LogP contribution < -0.4 is 5.32 Å². The summed E-state index contributed by atoms with van der Waals surface area (Å²) < 4.78 is 17.6. The van der Waals surface area contributed by atoms with Gasteiger partial charge in [-0.2, -0.15) is 0 Å². The third-order valence-electron chi connectivity index (χ3n) is 6.31. The van der Waals surface area contributed by atoms with E-state index in [0.29, 0.717) is 34.2 Å². The number of halogens is 1. The Hall–Kier alpha value is -4.64. The molecule has 1 amide bonds. The number of para-hydroxylation sites is 1. The van der Waals surface area contributed by atoms with Crippen LogP contribution in [-0.2, 0) is 24.3 Å². The van der Waals surface area contributed by atoms with Crippen molar-refractivity contribution < 1.29 is 23.9 Å². The second kappa shape index (κ2) is 10.6. The van der Waals surface area contributed by atoms with Gasteiger partial charge < -0.3 is 15.0 Å². The van der Waals surface area contributed by atoms with E-state index in [2.05, 4.69) is 15.5 Å². The molecule has 3 aromatic heterocycles. The van der Waals surface area contributed by atoms with Crippen LogP contribution in [0.3, 0.4) is 0 Å². The molecule has 0 radical (unpaired) electrons. The number of hydrogen-bond donors (Lipinski definition) is 2. The molecule has 0 fully saturated rings. The van der Waals surface area contributed by atoms with E-state index in [1.807, 2.05) is 13.0 Å². The summed E-state index contributed by atoms with van der Waals surface area (Å²) in [7, 11) is 0. The van der Waals surface area contributed by atoms with Gasteiger partial charge in [0.1, 0.15) is 28.9 Å². The zero-order valence-electron chi connectivity index (χ0n) is 21.1. The maximum Gasteiger partial charge on any atom is 0.323 e. The van der Waals surface area contributed by atoms with E-state index in [1.54, 1.807) is 47.9 Å². The fourth-order valence-corrected chi connectivity index (χ4v) is 5.62. The number of rotatable bonds is 9. The number of thiophene rings is 1. The molecule has 0 unspecified atom stereocenters. The van der Waals surface area contributed by atoms with Crippen LogP contribution in [0.2, 0.25) is 0 Å². The monoisotopic (exact) mass is 545 g/mol. The Kier molecular flexibility index (Phi) is 7.07. The van der Waals surface area contributed by atoms with Gasteiger partial charge in [-0.1, -0.05) is 37.3 Å². The van der Waals surface area contributed by atoms with Crippen LogP contribution in [0.25, 0.3) is 15.9 Å². The topological polar surface area (TPSA) is 119 Å². The van der Waals surface area contributed by atoms with Gasteiger partial charge in [-0.25, -0.2) is 4.39 Å². The summed E-state index contributed by atoms with van der Waals surface area (Å²) in [5.41, 5.74) is 1.11. The van der Waals surface area contributed by atoms with E-state index in [0.717, 1.165) is 10.3 Å². The van der Waals surface area contributed by atoms with E-state index in [4.69, 9.17) is 0 Å². The summed E-state index contributed by atoms with van der Waals surface area (Å²) in [5, 5.41) is 21.9. The van der Waals surface area contributed by atoms with Gasteiger partial charge in [-0.05, 0) is 43.7 Å². The highest BCUT2D eigenvalue weighted by Crippen LogP contribution is 2.31. The Labute approximate surface area is 226 Å². The number of carbonyl (C=O) groups excluding carboxylic acids is 2. The molecule has 2 N–H and O–H groups in total. The van der Waals surface area contributed by atoms with Crippen molar-refractivity contribution in [3.63, 3.8) is 0 Å². The molecule has 2 aromatic carbocycles. The van der Waals surface area contributed by atoms with Crippen molar-refractivity contribution in [3.8, 4) is 5.00 Å². The van der Waals surface area contributed by atoms with Crippen LogP contribution in [0, 0.1) is 12.7 Å². The zero-order valence-corrected chi connectivity index (χ0v) is 22.0. The molecule has 11 heteroatoms. The highest BCUT2D eigenvalue weighted by atomic mass is 32.1. The molecule has 0 saturated carbocycles. The number of hydrogen-bond acceptors (Lipinski definition) is 6. The van der Waals surface area contributed by atoms with Gasteiger partial charge in [0.25, 0.3) is 5.91 Å². The first-order valence-electron chi connectivity index (χ1n) is 12.2. The summed E-state index contributed by atoms with van der Waals surface area (Å²) in [6.45, 7) is 3.28. The minimum atomic E-state index is -1.07. The lowest BCUT2D eigenvalue weighted by Gasteiger charge is -2.11. The Morgan fingerprint density at radius 1 is 1.03 bits per heavy atom. The molecular weight excluding hydrogens is 521 g/mol. The lowest BCUT2D eigenvalue weighted by Crippen LogP contribution is -2.28. The smallest absolute Gasteiger partial charge is 0.323 e. The molecule has 0 atom stereocenters. The SMILES string of the molecule is CCc1cc(C(=O)c2ccccc2F)c(-n2c(C)nnc2CNC(=O)c2cc3ccccc3n2CC(=O)O)s1. The van der Waals surface area contributed by atoms with Gasteiger partial charge in [0.05, 0.1) is 17.7 Å². The summed E-state index contributed by atoms with van der Waals surface area (Å²) in [6, 6.07) is 16.4. The second-order valence-corrected chi connectivity index (χ2v) is 9.96. The fraction of sp³-hybridized carbons (Fsp3) is 0.179. The summed E-state index contributed by atoms with van der Waals surface area (Å²) in [4.78, 5) is 39.0. The molecule has 0 aliphatic heterocycles. The third-order valence-corrected chi connectivity index (χ3v) is 7.58. The van der Waals surface area contributed by atoms with Crippen LogP contribution >= 0.6 is 11.3 Å². The van der Waals surface area contributed by atoms with Crippen molar-refractivity contribution in [1.29, 1.82) is 0 Å². The number of aromatic nitrogens is 4. The molecule has 39 heavy (non-hydrogen) atoms. The van der Waals surface area contributed by atoms with Gasteiger partial charge in [0.2, 0.25) is 0 Å². The Balaban J connectivity index is 1.48. The molecule has 9 nitrogen and oxygen atoms in total. The van der Waals surface area contributed by atoms with Crippen LogP contribution in [0.1, 0.15) is 49.9 Å². The molecular formula is C28H24FN5O4S. The van der Waals surface area contributed by atoms with E-state index >= 15 is 0 Å². The lowest BCUT2D eigenvalue weighted by atomic mass is 10.0. The number of benzene rings is 2. The van der Waals surface area contributed by atoms with E-state index in [9.17, 15) is 23.9 Å². The molecule has 0 spiro atoms. The average molecular weight is 546 g/mol. The predicted octanol–water partition coefficient (Wildman–Crippen LogP) is 4.54. The van der Waals surface area contributed by atoms with E-state index in [1.165, 1.54) is 34.1 Å². The molecule has 198 valence electrons. The van der Waals surface area contributed by atoms with Crippen molar-refractivity contribution in [2.24, 2.45) is 0 Å². The molecule has 0 aliphatic carbocycles. The third kappa shape index (κ3) is 4.96. The number of ketones is 1. The largest absolute Gasteiger partial charge is 0.480 e. The minimum Gasteiger partial charge on any atom is -0.480 e. The highest BCUT2D eigenvalue weighted by Gasteiger charge is 2.25. The number of fused-ring (bicyclic) bond motifs is 1. The Morgan fingerprint density at radius 3 is 2.51 bits per heavy atom. The number of carboxylic acids is 1. The predicted molar refractivity (Wildman–Crippen MR) is 144 cm³/mol. The summed E-state index contributed by atoms with van der Waals surface area (Å²) in [5.74, 6) is -1.76. The zero-order chi connectivity index (χ0) is 27.7. The lowest BCUT2D eigenvalue weighted by molar-refractivity contribution is -0.137. The number of carboxylic acid groups (broad SMARTS) is 1. The van der Waals surface area contributed by atoms with Gasteiger partial charge in [-0.3, -0.25) is 19.0 Å². The number of amides is 1. The van der Waals surface area contributed by atoms with Crippen LogP contribution in [0.4, 0.5) is 4.39 Å². The molecule has 0 saturated heterocycles. The first-order valence-corrected chi connectivity index (χ1v) is 13.0. The number of aryl methyl sites for hydroxylation is 2. The fourth-order valence-electron chi connectivity index (χ4n) is 4.46. The van der Waals surface area contributed by atoms with E-state index < -0.39 is 23.5 Å². The molecule has 0 bridgehead atoms. The van der Waals surface area contributed by atoms with Crippen LogP contribution in [0.15, 0.2) is 60.7 Å². The first kappa shape index (κ1) is 26.0. The summed E-state index contributed by atoms with van der Waals surface area (Å²) >= 11 is 1.37.